The summed E-state index contributed by atoms with van der Waals surface area (Å²) in [6.45, 7) is 5.40. The maximum atomic E-state index is 11.8. The van der Waals surface area contributed by atoms with Gasteiger partial charge in [0.25, 0.3) is 0 Å². The lowest BCUT2D eigenvalue weighted by molar-refractivity contribution is 0.0636. The van der Waals surface area contributed by atoms with Crippen LogP contribution in [0.25, 0.3) is 10.9 Å². The van der Waals surface area contributed by atoms with Crippen molar-refractivity contribution >= 4 is 45.9 Å². The summed E-state index contributed by atoms with van der Waals surface area (Å²) in [5.74, 6) is 0. The van der Waals surface area contributed by atoms with Crippen LogP contribution < -0.4 is 5.32 Å². The van der Waals surface area contributed by atoms with E-state index >= 15 is 0 Å². The first-order valence-electron chi connectivity index (χ1n) is 5.73. The van der Waals surface area contributed by atoms with Crippen LogP contribution in [-0.2, 0) is 4.74 Å². The zero-order valence-corrected chi connectivity index (χ0v) is 12.3. The van der Waals surface area contributed by atoms with Crippen molar-refractivity contribution in [3.05, 3.63) is 28.4 Å². The Hall–Kier alpha value is -1.39. The van der Waals surface area contributed by atoms with Gasteiger partial charge in [-0.3, -0.25) is 5.32 Å². The number of aromatic nitrogens is 1. The predicted octanol–water partition coefficient (Wildman–Crippen LogP) is 4.82. The van der Waals surface area contributed by atoms with Gasteiger partial charge in [0, 0.05) is 11.6 Å². The van der Waals surface area contributed by atoms with Gasteiger partial charge in [-0.05, 0) is 32.9 Å². The van der Waals surface area contributed by atoms with Crippen LogP contribution in [0.4, 0.5) is 10.5 Å². The zero-order valence-electron chi connectivity index (χ0n) is 10.8. The fourth-order valence-corrected chi connectivity index (χ4v) is 2.24. The number of aromatic amines is 1. The van der Waals surface area contributed by atoms with Crippen LogP contribution in [-0.4, -0.2) is 16.7 Å². The quantitative estimate of drug-likeness (QED) is 0.793. The van der Waals surface area contributed by atoms with Gasteiger partial charge in [0.1, 0.15) is 5.60 Å². The predicted molar refractivity (Wildman–Crippen MR) is 78.2 cm³/mol. The van der Waals surface area contributed by atoms with Crippen LogP contribution in [0.2, 0.25) is 10.0 Å². The van der Waals surface area contributed by atoms with E-state index in [0.717, 1.165) is 0 Å². The van der Waals surface area contributed by atoms with E-state index < -0.39 is 11.7 Å². The lowest BCUT2D eigenvalue weighted by atomic mass is 10.2. The minimum Gasteiger partial charge on any atom is -0.444 e. The van der Waals surface area contributed by atoms with Crippen LogP contribution >= 0.6 is 23.2 Å². The molecule has 0 fully saturated rings. The number of H-pyrrole nitrogens is 1. The number of carbonyl (C=O) groups excluding carboxylic acids is 1. The Morgan fingerprint density at radius 1 is 1.26 bits per heavy atom. The van der Waals surface area contributed by atoms with Crippen molar-refractivity contribution in [3.63, 3.8) is 0 Å². The minimum absolute atomic E-state index is 0.507. The molecule has 0 aliphatic carbocycles. The largest absolute Gasteiger partial charge is 0.444 e. The Labute approximate surface area is 121 Å². The maximum absolute atomic E-state index is 11.8. The molecular formula is C13H14Cl2N2O2. The number of nitrogens with one attached hydrogen (secondary N) is 2. The number of halogens is 2. The third kappa shape index (κ3) is 3.14. The molecule has 19 heavy (non-hydrogen) atoms. The summed E-state index contributed by atoms with van der Waals surface area (Å²) in [4.78, 5) is 14.7. The number of hydrogen-bond donors (Lipinski definition) is 2. The molecule has 1 heterocycles. The zero-order chi connectivity index (χ0) is 14.2. The van der Waals surface area contributed by atoms with Crippen molar-refractivity contribution < 1.29 is 9.53 Å². The summed E-state index contributed by atoms with van der Waals surface area (Å²) in [6, 6.07) is 3.37. The van der Waals surface area contributed by atoms with Gasteiger partial charge in [0.2, 0.25) is 0 Å². The van der Waals surface area contributed by atoms with Gasteiger partial charge in [0.15, 0.2) is 0 Å². The molecule has 0 radical (unpaired) electrons. The van der Waals surface area contributed by atoms with Crippen LogP contribution in [0.5, 0.6) is 0 Å². The van der Waals surface area contributed by atoms with Crippen molar-refractivity contribution in [2.24, 2.45) is 0 Å². The highest BCUT2D eigenvalue weighted by molar-refractivity contribution is 6.42. The highest BCUT2D eigenvalue weighted by atomic mass is 35.5. The molecular weight excluding hydrogens is 287 g/mol. The second-order valence-corrected chi connectivity index (χ2v) is 5.92. The Bertz CT molecular complexity index is 629. The summed E-state index contributed by atoms with van der Waals surface area (Å²) >= 11 is 12.1. The Kier molecular flexibility index (Phi) is 3.65. The van der Waals surface area contributed by atoms with Gasteiger partial charge < -0.3 is 9.72 Å². The van der Waals surface area contributed by atoms with Gasteiger partial charge in [0.05, 0.1) is 21.2 Å². The molecule has 0 bridgehead atoms. The lowest BCUT2D eigenvalue weighted by Gasteiger charge is -2.19. The smallest absolute Gasteiger partial charge is 0.412 e. The lowest BCUT2D eigenvalue weighted by Crippen LogP contribution is -2.27. The van der Waals surface area contributed by atoms with E-state index in [1.807, 2.05) is 0 Å². The van der Waals surface area contributed by atoms with Crippen molar-refractivity contribution in [3.8, 4) is 0 Å². The van der Waals surface area contributed by atoms with Gasteiger partial charge in [-0.1, -0.05) is 23.2 Å². The van der Waals surface area contributed by atoms with Crippen molar-refractivity contribution in [2.75, 3.05) is 5.32 Å². The third-order valence-corrected chi connectivity index (χ3v) is 2.99. The number of benzene rings is 1. The molecule has 1 aromatic carbocycles. The number of rotatable bonds is 1. The van der Waals surface area contributed by atoms with Crippen LogP contribution in [0.15, 0.2) is 18.3 Å². The molecule has 6 heteroatoms. The molecule has 0 unspecified atom stereocenters. The van der Waals surface area contributed by atoms with Crippen LogP contribution in [0.3, 0.4) is 0 Å². The van der Waals surface area contributed by atoms with E-state index in [2.05, 4.69) is 10.3 Å². The van der Waals surface area contributed by atoms with E-state index in [0.29, 0.717) is 26.6 Å². The number of ether oxygens (including phenoxy) is 1. The minimum atomic E-state index is -0.553. The number of amides is 1. The Morgan fingerprint density at radius 3 is 2.58 bits per heavy atom. The van der Waals surface area contributed by atoms with Crippen LogP contribution in [0, 0.1) is 0 Å². The third-order valence-electron chi connectivity index (χ3n) is 2.37. The Morgan fingerprint density at radius 2 is 1.95 bits per heavy atom. The number of hydrogen-bond acceptors (Lipinski definition) is 2. The first kappa shape index (κ1) is 14.0. The fraction of sp³-hybridized carbons (Fsp3) is 0.308. The Balaban J connectivity index is 2.32. The second kappa shape index (κ2) is 4.94. The molecule has 2 N–H and O–H groups in total. The molecule has 2 aromatic rings. The highest BCUT2D eigenvalue weighted by Gasteiger charge is 2.18. The van der Waals surface area contributed by atoms with E-state index in [4.69, 9.17) is 27.9 Å². The van der Waals surface area contributed by atoms with Crippen molar-refractivity contribution in [1.82, 2.24) is 4.98 Å². The van der Waals surface area contributed by atoms with Crippen molar-refractivity contribution in [2.45, 2.75) is 26.4 Å². The standard InChI is InChI=1S/C13H14Cl2N2O2/c1-13(2,3)19-12(18)17-9-5-4-7(14)10-8(15)6-16-11(9)10/h4-6,16H,1-3H3,(H,17,18). The van der Waals surface area contributed by atoms with E-state index in [1.165, 1.54) is 0 Å². The number of carbonyl (C=O) groups is 1. The first-order valence-corrected chi connectivity index (χ1v) is 6.48. The van der Waals surface area contributed by atoms with E-state index in [1.54, 1.807) is 39.1 Å². The topological polar surface area (TPSA) is 54.1 Å². The number of fused-ring (bicyclic) bond motifs is 1. The summed E-state index contributed by atoms with van der Waals surface area (Å²) < 4.78 is 5.20. The molecule has 0 spiro atoms. The summed E-state index contributed by atoms with van der Waals surface area (Å²) in [6.07, 6.45) is 1.10. The second-order valence-electron chi connectivity index (χ2n) is 5.11. The summed E-state index contributed by atoms with van der Waals surface area (Å²) in [5.41, 5.74) is 0.687. The summed E-state index contributed by atoms with van der Waals surface area (Å²) in [5, 5.41) is 4.38. The van der Waals surface area contributed by atoms with Gasteiger partial charge in [-0.2, -0.15) is 0 Å². The first-order chi connectivity index (χ1) is 8.78. The molecule has 1 amide bonds. The molecule has 0 saturated carbocycles. The van der Waals surface area contributed by atoms with E-state index in [-0.39, 0.29) is 0 Å². The molecule has 0 aliphatic heterocycles. The molecule has 0 aliphatic rings. The molecule has 0 atom stereocenters. The molecule has 102 valence electrons. The van der Waals surface area contributed by atoms with Gasteiger partial charge >= 0.3 is 6.09 Å². The van der Waals surface area contributed by atoms with Crippen molar-refractivity contribution in [1.29, 1.82) is 0 Å². The van der Waals surface area contributed by atoms with Gasteiger partial charge in [-0.15, -0.1) is 0 Å². The summed E-state index contributed by atoms with van der Waals surface area (Å²) in [7, 11) is 0. The highest BCUT2D eigenvalue weighted by Crippen LogP contribution is 2.34. The normalized spacial score (nSPS) is 11.6. The molecule has 0 saturated heterocycles. The average molecular weight is 301 g/mol. The molecule has 2 rings (SSSR count). The van der Waals surface area contributed by atoms with Crippen LogP contribution in [0.1, 0.15) is 20.8 Å². The average Bonchev–Trinajstić information content (AvgIpc) is 2.63. The SMILES string of the molecule is CC(C)(C)OC(=O)Nc1ccc(Cl)c2c(Cl)c[nH]c12. The fourth-order valence-electron chi connectivity index (χ4n) is 1.69. The molecule has 4 nitrogen and oxygen atoms in total. The monoisotopic (exact) mass is 300 g/mol. The van der Waals surface area contributed by atoms with E-state index in [9.17, 15) is 4.79 Å². The molecule has 1 aromatic heterocycles. The number of anilines is 1. The maximum Gasteiger partial charge on any atom is 0.412 e. The van der Waals surface area contributed by atoms with Gasteiger partial charge in [-0.25, -0.2) is 4.79 Å².